The molecule has 1 aromatic carbocycles. The first kappa shape index (κ1) is 14.0. The van der Waals surface area contributed by atoms with E-state index in [1.165, 1.54) is 12.4 Å². The molecule has 1 saturated heterocycles. The fourth-order valence-corrected chi connectivity index (χ4v) is 2.42. The van der Waals surface area contributed by atoms with E-state index in [2.05, 4.69) is 9.97 Å². The number of hydrogen-bond acceptors (Lipinski definition) is 5. The SMILES string of the molecule is N#Cc1nccnc1OC1CCN(C(=O)c2ccccc2)C1. The number of carbonyl (C=O) groups is 1. The Morgan fingerprint density at radius 1 is 1.27 bits per heavy atom. The highest BCUT2D eigenvalue weighted by molar-refractivity contribution is 5.94. The van der Waals surface area contributed by atoms with Crippen molar-refractivity contribution in [2.24, 2.45) is 0 Å². The largest absolute Gasteiger partial charge is 0.470 e. The molecule has 1 aromatic heterocycles. The fourth-order valence-electron chi connectivity index (χ4n) is 2.42. The standard InChI is InChI=1S/C16H14N4O2/c17-10-14-15(19-8-7-18-14)22-13-6-9-20(11-13)16(21)12-4-2-1-3-5-12/h1-5,7-8,13H,6,9,11H2. The topological polar surface area (TPSA) is 79.1 Å². The van der Waals surface area contributed by atoms with Gasteiger partial charge >= 0.3 is 0 Å². The van der Waals surface area contributed by atoms with Gasteiger partial charge in [0.1, 0.15) is 12.2 Å². The van der Waals surface area contributed by atoms with Gasteiger partial charge in [-0.25, -0.2) is 9.97 Å². The number of ether oxygens (including phenoxy) is 1. The second kappa shape index (κ2) is 6.22. The van der Waals surface area contributed by atoms with Crippen molar-refractivity contribution in [3.8, 4) is 11.9 Å². The highest BCUT2D eigenvalue weighted by atomic mass is 16.5. The molecular formula is C16H14N4O2. The zero-order chi connectivity index (χ0) is 15.4. The maximum Gasteiger partial charge on any atom is 0.253 e. The monoisotopic (exact) mass is 294 g/mol. The number of nitriles is 1. The van der Waals surface area contributed by atoms with Gasteiger partial charge in [-0.3, -0.25) is 4.79 Å². The van der Waals surface area contributed by atoms with E-state index < -0.39 is 0 Å². The van der Waals surface area contributed by atoms with E-state index in [-0.39, 0.29) is 23.6 Å². The predicted molar refractivity (Wildman–Crippen MR) is 78.1 cm³/mol. The Labute approximate surface area is 128 Å². The van der Waals surface area contributed by atoms with Gasteiger partial charge < -0.3 is 9.64 Å². The van der Waals surface area contributed by atoms with Gasteiger partial charge in [-0.15, -0.1) is 0 Å². The molecule has 1 amide bonds. The van der Waals surface area contributed by atoms with E-state index in [1.54, 1.807) is 17.0 Å². The van der Waals surface area contributed by atoms with Crippen molar-refractivity contribution in [2.75, 3.05) is 13.1 Å². The van der Waals surface area contributed by atoms with Crippen molar-refractivity contribution >= 4 is 5.91 Å². The van der Waals surface area contributed by atoms with Crippen molar-refractivity contribution in [2.45, 2.75) is 12.5 Å². The van der Waals surface area contributed by atoms with Gasteiger partial charge in [0.2, 0.25) is 5.69 Å². The minimum Gasteiger partial charge on any atom is -0.470 e. The normalized spacial score (nSPS) is 17.0. The van der Waals surface area contributed by atoms with Crippen LogP contribution in [0.25, 0.3) is 0 Å². The smallest absolute Gasteiger partial charge is 0.253 e. The molecule has 6 heteroatoms. The molecule has 1 aliphatic heterocycles. The number of amides is 1. The van der Waals surface area contributed by atoms with Crippen LogP contribution in [0.4, 0.5) is 0 Å². The summed E-state index contributed by atoms with van der Waals surface area (Å²) in [5.74, 6) is 0.218. The molecule has 110 valence electrons. The van der Waals surface area contributed by atoms with E-state index in [0.29, 0.717) is 25.1 Å². The molecule has 0 aliphatic carbocycles. The van der Waals surface area contributed by atoms with E-state index >= 15 is 0 Å². The van der Waals surface area contributed by atoms with Crippen LogP contribution in [0.5, 0.6) is 5.88 Å². The minimum atomic E-state index is -0.170. The quantitative estimate of drug-likeness (QED) is 0.860. The molecule has 0 bridgehead atoms. The van der Waals surface area contributed by atoms with Crippen molar-refractivity contribution in [1.82, 2.24) is 14.9 Å². The van der Waals surface area contributed by atoms with E-state index in [0.717, 1.165) is 0 Å². The molecule has 3 rings (SSSR count). The second-order valence-electron chi connectivity index (χ2n) is 4.97. The molecule has 1 aliphatic rings. The maximum atomic E-state index is 12.4. The number of benzene rings is 1. The molecule has 2 aromatic rings. The van der Waals surface area contributed by atoms with Crippen LogP contribution in [-0.4, -0.2) is 40.0 Å². The molecule has 1 unspecified atom stereocenters. The van der Waals surface area contributed by atoms with Gasteiger partial charge in [0.25, 0.3) is 11.8 Å². The maximum absolute atomic E-state index is 12.4. The summed E-state index contributed by atoms with van der Waals surface area (Å²) >= 11 is 0. The van der Waals surface area contributed by atoms with Crippen molar-refractivity contribution in [3.05, 3.63) is 54.0 Å². The molecule has 6 nitrogen and oxygen atoms in total. The number of carbonyl (C=O) groups excluding carboxylic acids is 1. The van der Waals surface area contributed by atoms with Crippen LogP contribution >= 0.6 is 0 Å². The van der Waals surface area contributed by atoms with Crippen LogP contribution in [0.1, 0.15) is 22.5 Å². The summed E-state index contributed by atoms with van der Waals surface area (Å²) < 4.78 is 5.72. The summed E-state index contributed by atoms with van der Waals surface area (Å²) in [6, 6.07) is 11.1. The number of nitrogens with zero attached hydrogens (tertiary/aromatic N) is 4. The predicted octanol–water partition coefficient (Wildman–Crippen LogP) is 1.64. The van der Waals surface area contributed by atoms with Crippen LogP contribution in [0.2, 0.25) is 0 Å². The van der Waals surface area contributed by atoms with Gasteiger partial charge in [-0.05, 0) is 12.1 Å². The Bertz CT molecular complexity index is 712. The Morgan fingerprint density at radius 3 is 2.82 bits per heavy atom. The molecule has 1 fully saturated rings. The molecule has 0 N–H and O–H groups in total. The van der Waals surface area contributed by atoms with Gasteiger partial charge in [0, 0.05) is 30.9 Å². The van der Waals surface area contributed by atoms with Crippen molar-refractivity contribution < 1.29 is 9.53 Å². The summed E-state index contributed by atoms with van der Waals surface area (Å²) in [5.41, 5.74) is 0.829. The molecule has 0 radical (unpaired) electrons. The minimum absolute atomic E-state index is 0.00801. The average Bonchev–Trinajstić information content (AvgIpc) is 3.04. The average molecular weight is 294 g/mol. The second-order valence-corrected chi connectivity index (χ2v) is 4.97. The molecule has 0 spiro atoms. The third-order valence-electron chi connectivity index (χ3n) is 3.50. The van der Waals surface area contributed by atoms with Crippen LogP contribution in [0.15, 0.2) is 42.7 Å². The number of likely N-dealkylation sites (tertiary alicyclic amines) is 1. The summed E-state index contributed by atoms with van der Waals surface area (Å²) in [7, 11) is 0. The van der Waals surface area contributed by atoms with E-state index in [4.69, 9.17) is 10.00 Å². The third kappa shape index (κ3) is 2.88. The number of hydrogen-bond donors (Lipinski definition) is 0. The molecule has 0 saturated carbocycles. The summed E-state index contributed by atoms with van der Waals surface area (Å²) in [6.07, 6.45) is 3.47. The van der Waals surface area contributed by atoms with Crippen LogP contribution in [0.3, 0.4) is 0 Å². The molecule has 1 atom stereocenters. The first-order chi connectivity index (χ1) is 10.8. The van der Waals surface area contributed by atoms with Gasteiger partial charge in [0.05, 0.1) is 6.54 Å². The highest BCUT2D eigenvalue weighted by Gasteiger charge is 2.29. The molecule has 2 heterocycles. The molecule has 22 heavy (non-hydrogen) atoms. The lowest BCUT2D eigenvalue weighted by atomic mass is 10.2. The van der Waals surface area contributed by atoms with E-state index in [1.807, 2.05) is 24.3 Å². The Hall–Kier alpha value is -2.94. The van der Waals surface area contributed by atoms with Crippen LogP contribution in [0, 0.1) is 11.3 Å². The fraction of sp³-hybridized carbons (Fsp3) is 0.250. The number of rotatable bonds is 3. The first-order valence-corrected chi connectivity index (χ1v) is 7.00. The van der Waals surface area contributed by atoms with Crippen molar-refractivity contribution in [3.63, 3.8) is 0 Å². The Kier molecular flexibility index (Phi) is 3.97. The zero-order valence-corrected chi connectivity index (χ0v) is 11.8. The van der Waals surface area contributed by atoms with E-state index in [9.17, 15) is 4.79 Å². The van der Waals surface area contributed by atoms with Crippen LogP contribution in [-0.2, 0) is 0 Å². The summed E-state index contributed by atoms with van der Waals surface area (Å²) in [4.78, 5) is 22.1. The summed E-state index contributed by atoms with van der Waals surface area (Å²) in [5, 5.41) is 8.98. The number of aromatic nitrogens is 2. The lowest BCUT2D eigenvalue weighted by Gasteiger charge is -2.17. The Balaban J connectivity index is 1.66. The van der Waals surface area contributed by atoms with Gasteiger partial charge in [-0.1, -0.05) is 18.2 Å². The Morgan fingerprint density at radius 2 is 2.05 bits per heavy atom. The third-order valence-corrected chi connectivity index (χ3v) is 3.50. The zero-order valence-electron chi connectivity index (χ0n) is 11.8. The van der Waals surface area contributed by atoms with Crippen LogP contribution < -0.4 is 4.74 Å². The summed E-state index contributed by atoms with van der Waals surface area (Å²) in [6.45, 7) is 1.11. The van der Waals surface area contributed by atoms with Crippen molar-refractivity contribution in [1.29, 1.82) is 5.26 Å². The molecular weight excluding hydrogens is 280 g/mol. The lowest BCUT2D eigenvalue weighted by Crippen LogP contribution is -2.31. The first-order valence-electron chi connectivity index (χ1n) is 7.00. The van der Waals surface area contributed by atoms with Gasteiger partial charge in [-0.2, -0.15) is 5.26 Å². The highest BCUT2D eigenvalue weighted by Crippen LogP contribution is 2.19. The van der Waals surface area contributed by atoms with Gasteiger partial charge in [0.15, 0.2) is 0 Å². The lowest BCUT2D eigenvalue weighted by molar-refractivity contribution is 0.0771.